The Hall–Kier alpha value is -2.50. The highest BCUT2D eigenvalue weighted by Gasteiger charge is 2.46. The van der Waals surface area contributed by atoms with Crippen molar-refractivity contribution in [2.75, 3.05) is 0 Å². The van der Waals surface area contributed by atoms with Crippen LogP contribution in [0, 0.1) is 10.8 Å². The molecule has 0 atom stereocenters. The summed E-state index contributed by atoms with van der Waals surface area (Å²) in [5.74, 6) is -2.25. The van der Waals surface area contributed by atoms with Crippen LogP contribution in [0.4, 0.5) is 0 Å². The molecule has 0 aromatic rings. The first kappa shape index (κ1) is 18.8. The van der Waals surface area contributed by atoms with Crippen LogP contribution in [0.5, 0.6) is 0 Å². The van der Waals surface area contributed by atoms with Crippen molar-refractivity contribution in [2.45, 2.75) is 48.0 Å². The summed E-state index contributed by atoms with van der Waals surface area (Å²) >= 11 is 0. The van der Waals surface area contributed by atoms with E-state index in [1.807, 2.05) is 0 Å². The second-order valence-corrected chi connectivity index (χ2v) is 7.69. The standard InChI is InChI=1S/C19H24O6/c1-8-12(20)10(16(24)18(3,4)14(8)22)7-11-13(21)9(2)15(23)19(5,6)17(11)25/h20-23H,7H2,1-6H3. The zero-order chi connectivity index (χ0) is 19.5. The zero-order valence-corrected chi connectivity index (χ0v) is 15.3. The SMILES string of the molecule is CC1=C(O)C(C)(C)C(=O)C(CC2=C(O)C(C)=C(O)C(C)(C)C2=O)=C1O. The van der Waals surface area contributed by atoms with Crippen LogP contribution in [-0.2, 0) is 9.59 Å². The van der Waals surface area contributed by atoms with E-state index in [2.05, 4.69) is 0 Å². The molecular formula is C19H24O6. The minimum atomic E-state index is -1.23. The van der Waals surface area contributed by atoms with Crippen molar-refractivity contribution in [1.29, 1.82) is 0 Å². The smallest absolute Gasteiger partial charge is 0.176 e. The predicted molar refractivity (Wildman–Crippen MR) is 92.2 cm³/mol. The number of carbonyl (C=O) groups excluding carboxylic acids is 2. The van der Waals surface area contributed by atoms with Gasteiger partial charge in [-0.2, -0.15) is 0 Å². The molecular weight excluding hydrogens is 324 g/mol. The van der Waals surface area contributed by atoms with E-state index in [0.29, 0.717) is 0 Å². The minimum absolute atomic E-state index is 0.0415. The monoisotopic (exact) mass is 348 g/mol. The second-order valence-electron chi connectivity index (χ2n) is 7.69. The summed E-state index contributed by atoms with van der Waals surface area (Å²) in [5.41, 5.74) is -2.22. The van der Waals surface area contributed by atoms with E-state index >= 15 is 0 Å². The normalized spacial score (nSPS) is 23.8. The highest BCUT2D eigenvalue weighted by molar-refractivity contribution is 6.08. The number of allylic oxidation sites excluding steroid dienone is 6. The lowest BCUT2D eigenvalue weighted by atomic mass is 9.70. The Kier molecular flexibility index (Phi) is 4.15. The van der Waals surface area contributed by atoms with Gasteiger partial charge in [0.25, 0.3) is 0 Å². The maximum Gasteiger partial charge on any atom is 0.176 e. The van der Waals surface area contributed by atoms with Gasteiger partial charge in [-0.05, 0) is 41.5 Å². The number of ketones is 2. The van der Waals surface area contributed by atoms with Gasteiger partial charge in [0.2, 0.25) is 0 Å². The zero-order valence-electron chi connectivity index (χ0n) is 15.3. The molecule has 136 valence electrons. The Bertz CT molecular complexity index is 747. The fourth-order valence-electron chi connectivity index (χ4n) is 3.30. The van der Waals surface area contributed by atoms with Crippen LogP contribution in [0.2, 0.25) is 0 Å². The average molecular weight is 348 g/mol. The number of carbonyl (C=O) groups is 2. The van der Waals surface area contributed by atoms with E-state index in [1.54, 1.807) is 0 Å². The molecule has 0 amide bonds. The van der Waals surface area contributed by atoms with Gasteiger partial charge >= 0.3 is 0 Å². The predicted octanol–water partition coefficient (Wildman–Crippen LogP) is 3.88. The fraction of sp³-hybridized carbons (Fsp3) is 0.474. The molecule has 0 bridgehead atoms. The van der Waals surface area contributed by atoms with Crippen molar-refractivity contribution in [3.8, 4) is 0 Å². The van der Waals surface area contributed by atoms with Crippen LogP contribution < -0.4 is 0 Å². The molecule has 2 aliphatic rings. The molecule has 0 aromatic carbocycles. The van der Waals surface area contributed by atoms with Gasteiger partial charge in [-0.15, -0.1) is 0 Å². The quantitative estimate of drug-likeness (QED) is 0.602. The van der Waals surface area contributed by atoms with Crippen molar-refractivity contribution < 1.29 is 30.0 Å². The van der Waals surface area contributed by atoms with Gasteiger partial charge in [-0.3, -0.25) is 9.59 Å². The van der Waals surface area contributed by atoms with Crippen molar-refractivity contribution in [1.82, 2.24) is 0 Å². The molecule has 25 heavy (non-hydrogen) atoms. The molecule has 4 N–H and O–H groups in total. The van der Waals surface area contributed by atoms with Crippen molar-refractivity contribution in [2.24, 2.45) is 10.8 Å². The van der Waals surface area contributed by atoms with E-state index in [0.717, 1.165) is 0 Å². The van der Waals surface area contributed by atoms with Crippen LogP contribution in [0.1, 0.15) is 48.0 Å². The van der Waals surface area contributed by atoms with Gasteiger partial charge in [0.05, 0.1) is 10.8 Å². The Morgan fingerprint density at radius 2 is 0.960 bits per heavy atom. The first-order valence-electron chi connectivity index (χ1n) is 8.01. The number of aliphatic hydroxyl groups is 4. The number of aliphatic hydroxyl groups excluding tert-OH is 4. The van der Waals surface area contributed by atoms with Gasteiger partial charge in [-0.25, -0.2) is 0 Å². The fourth-order valence-corrected chi connectivity index (χ4v) is 3.30. The summed E-state index contributed by atoms with van der Waals surface area (Å²) in [4.78, 5) is 25.4. The number of hydrogen-bond acceptors (Lipinski definition) is 6. The Labute approximate surface area is 146 Å². The molecule has 0 fully saturated rings. The summed E-state index contributed by atoms with van der Waals surface area (Å²) in [7, 11) is 0. The molecule has 6 nitrogen and oxygen atoms in total. The third kappa shape index (κ3) is 2.47. The van der Waals surface area contributed by atoms with E-state index in [9.17, 15) is 30.0 Å². The number of rotatable bonds is 2. The first-order valence-corrected chi connectivity index (χ1v) is 8.01. The molecule has 0 unspecified atom stereocenters. The third-order valence-corrected chi connectivity index (χ3v) is 5.21. The number of hydrogen-bond donors (Lipinski definition) is 4. The Balaban J connectivity index is 2.63. The summed E-state index contributed by atoms with van der Waals surface area (Å²) in [5, 5.41) is 40.9. The summed E-state index contributed by atoms with van der Waals surface area (Å²) in [6, 6.07) is 0. The second kappa shape index (κ2) is 5.51. The molecule has 0 radical (unpaired) electrons. The van der Waals surface area contributed by atoms with Crippen LogP contribution >= 0.6 is 0 Å². The number of Topliss-reactive ketones (excluding diaryl/α,β-unsaturated/α-hetero) is 2. The lowest BCUT2D eigenvalue weighted by molar-refractivity contribution is -0.124. The van der Waals surface area contributed by atoms with Gasteiger partial charge in [0.1, 0.15) is 23.0 Å². The lowest BCUT2D eigenvalue weighted by Gasteiger charge is -2.33. The lowest BCUT2D eigenvalue weighted by Crippen LogP contribution is -2.36. The van der Waals surface area contributed by atoms with Gasteiger partial charge < -0.3 is 20.4 Å². The molecule has 0 spiro atoms. The van der Waals surface area contributed by atoms with E-state index in [-0.39, 0.29) is 51.7 Å². The molecule has 0 saturated heterocycles. The summed E-state index contributed by atoms with van der Waals surface area (Å²) in [6.07, 6.45) is -0.280. The van der Waals surface area contributed by atoms with Crippen LogP contribution in [0.15, 0.2) is 45.3 Å². The molecule has 0 heterocycles. The molecule has 2 rings (SSSR count). The van der Waals surface area contributed by atoms with E-state index in [4.69, 9.17) is 0 Å². The maximum absolute atomic E-state index is 12.7. The highest BCUT2D eigenvalue weighted by Crippen LogP contribution is 2.44. The first-order chi connectivity index (χ1) is 11.3. The van der Waals surface area contributed by atoms with Crippen molar-refractivity contribution >= 4 is 11.6 Å². The van der Waals surface area contributed by atoms with Gasteiger partial charge in [0, 0.05) is 28.7 Å². The Morgan fingerprint density at radius 1 is 0.680 bits per heavy atom. The van der Waals surface area contributed by atoms with Gasteiger partial charge in [0.15, 0.2) is 11.6 Å². The van der Waals surface area contributed by atoms with Crippen LogP contribution in [0.3, 0.4) is 0 Å². The van der Waals surface area contributed by atoms with Crippen molar-refractivity contribution in [3.63, 3.8) is 0 Å². The minimum Gasteiger partial charge on any atom is -0.511 e. The topological polar surface area (TPSA) is 115 Å². The summed E-state index contributed by atoms with van der Waals surface area (Å²) in [6.45, 7) is 9.07. The van der Waals surface area contributed by atoms with E-state index < -0.39 is 22.4 Å². The summed E-state index contributed by atoms with van der Waals surface area (Å²) < 4.78 is 0. The van der Waals surface area contributed by atoms with Crippen molar-refractivity contribution in [3.05, 3.63) is 45.3 Å². The molecule has 6 heteroatoms. The highest BCUT2D eigenvalue weighted by atomic mass is 16.3. The van der Waals surface area contributed by atoms with E-state index in [1.165, 1.54) is 41.5 Å². The molecule has 0 saturated carbocycles. The largest absolute Gasteiger partial charge is 0.511 e. The molecule has 0 aliphatic heterocycles. The third-order valence-electron chi connectivity index (χ3n) is 5.21. The molecule has 0 aromatic heterocycles. The maximum atomic E-state index is 12.7. The van der Waals surface area contributed by atoms with Crippen LogP contribution in [0.25, 0.3) is 0 Å². The van der Waals surface area contributed by atoms with Crippen LogP contribution in [-0.4, -0.2) is 32.0 Å². The van der Waals surface area contributed by atoms with Gasteiger partial charge in [-0.1, -0.05) is 0 Å². The Morgan fingerprint density at radius 3 is 1.24 bits per heavy atom. The molecule has 2 aliphatic carbocycles. The average Bonchev–Trinajstić information content (AvgIpc) is 2.55.